The maximum atomic E-state index is 2.78. The molecule has 2 bridgehead atoms. The molecule has 2 aromatic heterocycles. The fraction of sp³-hybridized carbons (Fsp3) is 0.679. The van der Waals surface area contributed by atoms with Crippen LogP contribution in [0.3, 0.4) is 0 Å². The van der Waals surface area contributed by atoms with Gasteiger partial charge in [0.05, 0.1) is 0 Å². The Balaban J connectivity index is 1.68. The average Bonchev–Trinajstić information content (AvgIpc) is 3.90. The van der Waals surface area contributed by atoms with Gasteiger partial charge in [-0.3, -0.25) is 0 Å². The molecule has 0 saturated carbocycles. The molecule has 0 aliphatic heterocycles. The second-order valence-electron chi connectivity index (χ2n) is 19.4. The van der Waals surface area contributed by atoms with Crippen molar-refractivity contribution in [2.45, 2.75) is 234 Å². The van der Waals surface area contributed by atoms with Crippen molar-refractivity contribution in [1.82, 2.24) is 0 Å². The zero-order valence-corrected chi connectivity index (χ0v) is 47.9. The van der Waals surface area contributed by atoms with E-state index < -0.39 is 36.8 Å². The number of unbranched alkanes of at least 4 members (excludes halogenated alkanes) is 10. The van der Waals surface area contributed by atoms with Gasteiger partial charge in [-0.15, -0.1) is 0 Å². The average molecular weight is 1070 g/mol. The fourth-order valence-electron chi connectivity index (χ4n) is 10.7. The standard InChI is InChI=1S/C32H38S2.6C4H9.2Sn/c1-3-5-7-9-13-25-21-31(33-23-25)29-17-11-16-28-20-19-27(29)15-12-18-30(28)32-22-26(24-34-32)14-10-8-6-4-2;6*1-3-4-2;;/h3,11-12,15-18,21-22,24H,4-10,13-14,19-20H2,1-2H3;6*1,3-4H2,2H3;;. The Hall–Kier alpha value is -0.303. The van der Waals surface area contributed by atoms with Gasteiger partial charge in [-0.25, -0.2) is 0 Å². The van der Waals surface area contributed by atoms with Gasteiger partial charge in [0.2, 0.25) is 0 Å². The fourth-order valence-corrected chi connectivity index (χ4v) is 51.0. The SMILES string of the molecule is CCCCCCc1csc(C2=CC=CC3=C(c4cc(CCCC[CH](C)[Sn]([CH2]CCC)([CH2]CCC)[CH2]CCC)[c]([Sn]([CH2]CCC)([CH2]CCC)[CH2]CCC)s4)C=CC=C2CC3)c1. The van der Waals surface area contributed by atoms with E-state index in [-0.39, 0.29) is 0 Å². The van der Waals surface area contributed by atoms with Crippen molar-refractivity contribution < 1.29 is 0 Å². The van der Waals surface area contributed by atoms with Crippen molar-refractivity contribution in [3.63, 3.8) is 0 Å². The van der Waals surface area contributed by atoms with E-state index in [2.05, 4.69) is 121 Å². The molecule has 336 valence electrons. The number of aryl methyl sites for hydroxylation is 2. The monoisotopic (exact) mass is 1070 g/mol. The van der Waals surface area contributed by atoms with Crippen LogP contribution in [0.25, 0.3) is 11.1 Å². The summed E-state index contributed by atoms with van der Waals surface area (Å²) in [5, 5.41) is 2.43. The first-order valence-electron chi connectivity index (χ1n) is 26.0. The van der Waals surface area contributed by atoms with Crippen LogP contribution in [-0.2, 0) is 12.8 Å². The third-order valence-electron chi connectivity index (χ3n) is 14.8. The van der Waals surface area contributed by atoms with Crippen molar-refractivity contribution in [2.24, 2.45) is 0 Å². The molecule has 0 saturated heterocycles. The molecular formula is C56H92S2Sn2. The summed E-state index contributed by atoms with van der Waals surface area (Å²) in [6.07, 6.45) is 46.3. The summed E-state index contributed by atoms with van der Waals surface area (Å²) in [5.41, 5.74) is 9.38. The molecular weight excluding hydrogens is 974 g/mol. The summed E-state index contributed by atoms with van der Waals surface area (Å²) in [5.74, 6) is 0. The number of fused-ring (bicyclic) bond motifs is 3. The first-order valence-corrected chi connectivity index (χ1v) is 42.9. The quantitative estimate of drug-likeness (QED) is 0.0506. The van der Waals surface area contributed by atoms with Gasteiger partial charge >= 0.3 is 354 Å². The first-order chi connectivity index (χ1) is 29.3. The zero-order chi connectivity index (χ0) is 43.1. The van der Waals surface area contributed by atoms with E-state index in [4.69, 9.17) is 0 Å². The summed E-state index contributed by atoms with van der Waals surface area (Å²) >= 11 is -0.595. The van der Waals surface area contributed by atoms with Crippen LogP contribution in [0.5, 0.6) is 0 Å². The molecule has 1 unspecified atom stereocenters. The molecule has 0 N–H and O–H groups in total. The number of rotatable bonds is 32. The molecule has 1 atom stereocenters. The van der Waals surface area contributed by atoms with Crippen molar-refractivity contribution in [3.05, 3.63) is 86.0 Å². The second-order valence-corrected chi connectivity index (χ2v) is 50.3. The molecule has 2 aliphatic rings. The van der Waals surface area contributed by atoms with Crippen LogP contribution >= 0.6 is 22.7 Å². The minimum absolute atomic E-state index is 1.04. The van der Waals surface area contributed by atoms with E-state index >= 15 is 0 Å². The predicted molar refractivity (Wildman–Crippen MR) is 283 cm³/mol. The molecule has 2 aromatic rings. The van der Waals surface area contributed by atoms with Crippen LogP contribution in [0, 0.1) is 0 Å². The van der Waals surface area contributed by atoms with Gasteiger partial charge in [0.15, 0.2) is 0 Å². The molecule has 2 aliphatic carbocycles. The number of allylic oxidation sites excluding steroid dienone is 10. The Kier molecular flexibility index (Phi) is 25.5. The Morgan fingerprint density at radius 2 is 1.15 bits per heavy atom. The summed E-state index contributed by atoms with van der Waals surface area (Å²) < 4.78 is 12.7. The van der Waals surface area contributed by atoms with E-state index in [9.17, 15) is 0 Å². The van der Waals surface area contributed by atoms with Gasteiger partial charge in [0, 0.05) is 0 Å². The summed E-state index contributed by atoms with van der Waals surface area (Å²) in [7, 11) is 0. The van der Waals surface area contributed by atoms with Crippen molar-refractivity contribution in [1.29, 1.82) is 0 Å². The number of thiophene rings is 2. The van der Waals surface area contributed by atoms with Crippen LogP contribution in [0.2, 0.25) is 30.6 Å². The van der Waals surface area contributed by atoms with Gasteiger partial charge < -0.3 is 0 Å². The Labute approximate surface area is 389 Å². The minimum atomic E-state index is -2.67. The van der Waals surface area contributed by atoms with Gasteiger partial charge in [-0.2, -0.15) is 0 Å². The third kappa shape index (κ3) is 15.7. The van der Waals surface area contributed by atoms with Crippen molar-refractivity contribution in [2.75, 3.05) is 0 Å². The third-order valence-corrected chi connectivity index (χ3v) is 53.8. The van der Waals surface area contributed by atoms with Gasteiger partial charge in [0.1, 0.15) is 0 Å². The Bertz CT molecular complexity index is 1620. The van der Waals surface area contributed by atoms with Crippen LogP contribution in [-0.4, -0.2) is 36.8 Å². The van der Waals surface area contributed by atoms with E-state index in [1.807, 2.05) is 19.8 Å². The van der Waals surface area contributed by atoms with Gasteiger partial charge in [-0.1, -0.05) is 26.2 Å². The van der Waals surface area contributed by atoms with E-state index in [0.29, 0.717) is 0 Å². The Morgan fingerprint density at radius 1 is 0.567 bits per heavy atom. The van der Waals surface area contributed by atoms with E-state index in [1.165, 1.54) is 162 Å². The first kappa shape index (κ1) is 52.3. The van der Waals surface area contributed by atoms with E-state index in [0.717, 1.165) is 16.8 Å². The predicted octanol–water partition coefficient (Wildman–Crippen LogP) is 19.6. The van der Waals surface area contributed by atoms with Crippen molar-refractivity contribution >= 4 is 73.5 Å². The van der Waals surface area contributed by atoms with Gasteiger partial charge in [0.25, 0.3) is 0 Å². The molecule has 60 heavy (non-hydrogen) atoms. The summed E-state index contributed by atoms with van der Waals surface area (Å²) in [4.78, 5) is 3.04. The topological polar surface area (TPSA) is 0 Å². The molecule has 0 fully saturated rings. The second kappa shape index (κ2) is 29.3. The van der Waals surface area contributed by atoms with Gasteiger partial charge in [-0.05, 0) is 12.8 Å². The summed E-state index contributed by atoms with van der Waals surface area (Å²) in [6, 6.07) is 5.28. The molecule has 2 heterocycles. The maximum absolute atomic E-state index is 2.78. The van der Waals surface area contributed by atoms with E-state index in [1.54, 1.807) is 37.1 Å². The number of hydrogen-bond donors (Lipinski definition) is 0. The Morgan fingerprint density at radius 3 is 1.77 bits per heavy atom. The normalized spacial score (nSPS) is 15.3. The van der Waals surface area contributed by atoms with Crippen LogP contribution in [0.4, 0.5) is 0 Å². The van der Waals surface area contributed by atoms with Crippen LogP contribution in [0.1, 0.15) is 211 Å². The zero-order valence-electron chi connectivity index (χ0n) is 40.6. The molecule has 0 nitrogen and oxygen atoms in total. The molecule has 0 aromatic carbocycles. The van der Waals surface area contributed by atoms with Crippen LogP contribution < -0.4 is 2.89 Å². The molecule has 0 radical (unpaired) electrons. The molecule has 4 heteroatoms. The van der Waals surface area contributed by atoms with Crippen LogP contribution in [0.15, 0.2) is 65.1 Å². The summed E-state index contributed by atoms with van der Waals surface area (Å²) in [6.45, 7) is 19.7. The molecule has 0 amide bonds. The van der Waals surface area contributed by atoms with Crippen molar-refractivity contribution in [3.8, 4) is 0 Å². The molecule has 4 rings (SSSR count). The number of hydrogen-bond acceptors (Lipinski definition) is 2. The molecule has 0 spiro atoms.